The van der Waals surface area contributed by atoms with Crippen molar-refractivity contribution in [1.29, 1.82) is 0 Å². The van der Waals surface area contributed by atoms with Gasteiger partial charge in [-0.15, -0.1) is 0 Å². The smallest absolute Gasteiger partial charge is 0.339 e. The van der Waals surface area contributed by atoms with Gasteiger partial charge >= 0.3 is 5.97 Å². The number of carbonyl (C=O) groups is 1. The molecule has 5 nitrogen and oxygen atoms in total. The molecule has 0 atom stereocenters. The van der Waals surface area contributed by atoms with Gasteiger partial charge in [-0.05, 0) is 40.2 Å². The van der Waals surface area contributed by atoms with Crippen LogP contribution in [0.5, 0.6) is 0 Å². The fraction of sp³-hybridized carbons (Fsp3) is 0. The molecule has 0 aliphatic carbocycles. The first-order valence-electron chi connectivity index (χ1n) is 5.04. The number of rotatable bonds is 2. The van der Waals surface area contributed by atoms with E-state index in [2.05, 4.69) is 20.9 Å². The van der Waals surface area contributed by atoms with Crippen molar-refractivity contribution in [2.45, 2.75) is 0 Å². The van der Waals surface area contributed by atoms with Gasteiger partial charge < -0.3 is 13.9 Å². The van der Waals surface area contributed by atoms with Crippen LogP contribution in [0.1, 0.15) is 10.4 Å². The van der Waals surface area contributed by atoms with Crippen LogP contribution in [0.3, 0.4) is 0 Å². The van der Waals surface area contributed by atoms with Crippen molar-refractivity contribution in [3.05, 3.63) is 40.6 Å². The van der Waals surface area contributed by atoms with Crippen molar-refractivity contribution >= 4 is 33.0 Å². The number of para-hydroxylation sites is 1. The SMILES string of the molecule is O=C(O)c1cccc2nc(-c3ccc(Br)o3)oc12. The van der Waals surface area contributed by atoms with E-state index in [1.165, 1.54) is 6.07 Å². The second-order valence-corrected chi connectivity index (χ2v) is 4.36. The van der Waals surface area contributed by atoms with Gasteiger partial charge in [-0.2, -0.15) is 0 Å². The lowest BCUT2D eigenvalue weighted by Crippen LogP contribution is -1.95. The van der Waals surface area contributed by atoms with Crippen molar-refractivity contribution in [2.75, 3.05) is 0 Å². The zero-order valence-electron chi connectivity index (χ0n) is 8.88. The van der Waals surface area contributed by atoms with Crippen LogP contribution in [0.15, 0.2) is 43.8 Å². The fourth-order valence-corrected chi connectivity index (χ4v) is 1.96. The second kappa shape index (κ2) is 3.99. The normalized spacial score (nSPS) is 10.9. The van der Waals surface area contributed by atoms with Gasteiger partial charge in [-0.25, -0.2) is 9.78 Å². The number of aromatic nitrogens is 1. The topological polar surface area (TPSA) is 76.5 Å². The molecule has 0 saturated heterocycles. The van der Waals surface area contributed by atoms with Crippen molar-refractivity contribution in [2.24, 2.45) is 0 Å². The van der Waals surface area contributed by atoms with Crippen LogP contribution in [0.25, 0.3) is 22.8 Å². The molecule has 2 heterocycles. The third-order valence-electron chi connectivity index (χ3n) is 2.43. The van der Waals surface area contributed by atoms with Crippen molar-refractivity contribution in [3.8, 4) is 11.7 Å². The van der Waals surface area contributed by atoms with Gasteiger partial charge in [0.2, 0.25) is 0 Å². The van der Waals surface area contributed by atoms with E-state index in [-0.39, 0.29) is 17.0 Å². The lowest BCUT2D eigenvalue weighted by Gasteiger charge is -1.92. The first-order chi connectivity index (χ1) is 8.65. The highest BCUT2D eigenvalue weighted by atomic mass is 79.9. The van der Waals surface area contributed by atoms with E-state index < -0.39 is 5.97 Å². The van der Waals surface area contributed by atoms with Crippen LogP contribution in [-0.2, 0) is 0 Å². The molecule has 0 radical (unpaired) electrons. The minimum absolute atomic E-state index is 0.0804. The average Bonchev–Trinajstić information content (AvgIpc) is 2.93. The minimum Gasteiger partial charge on any atom is -0.478 e. The summed E-state index contributed by atoms with van der Waals surface area (Å²) in [5, 5.41) is 9.05. The molecule has 0 spiro atoms. The molecule has 0 unspecified atom stereocenters. The number of aromatic carboxylic acids is 1. The molecule has 18 heavy (non-hydrogen) atoms. The Labute approximate surface area is 109 Å². The van der Waals surface area contributed by atoms with Gasteiger partial charge in [0.1, 0.15) is 11.1 Å². The number of halogens is 1. The quantitative estimate of drug-likeness (QED) is 0.783. The molecule has 0 bridgehead atoms. The monoisotopic (exact) mass is 307 g/mol. The van der Waals surface area contributed by atoms with Crippen LogP contribution >= 0.6 is 15.9 Å². The molecular formula is C12H6BrNO4. The lowest BCUT2D eigenvalue weighted by atomic mass is 10.2. The highest BCUT2D eigenvalue weighted by molar-refractivity contribution is 9.10. The summed E-state index contributed by atoms with van der Waals surface area (Å²) < 4.78 is 11.3. The van der Waals surface area contributed by atoms with E-state index in [1.54, 1.807) is 24.3 Å². The van der Waals surface area contributed by atoms with E-state index in [0.717, 1.165) is 0 Å². The van der Waals surface area contributed by atoms with E-state index >= 15 is 0 Å². The van der Waals surface area contributed by atoms with Gasteiger partial charge in [-0.1, -0.05) is 6.07 Å². The third kappa shape index (κ3) is 1.70. The molecule has 0 aliphatic rings. The number of nitrogens with zero attached hydrogens (tertiary/aromatic N) is 1. The fourth-order valence-electron chi connectivity index (χ4n) is 1.65. The summed E-state index contributed by atoms with van der Waals surface area (Å²) >= 11 is 3.18. The van der Waals surface area contributed by atoms with Gasteiger partial charge in [0, 0.05) is 0 Å². The maximum Gasteiger partial charge on any atom is 0.339 e. The predicted octanol–water partition coefficient (Wildman–Crippen LogP) is 3.55. The van der Waals surface area contributed by atoms with Gasteiger partial charge in [0.25, 0.3) is 5.89 Å². The molecule has 0 fully saturated rings. The van der Waals surface area contributed by atoms with Crippen LogP contribution < -0.4 is 0 Å². The summed E-state index contributed by atoms with van der Waals surface area (Å²) in [6.07, 6.45) is 0. The van der Waals surface area contributed by atoms with Crippen LogP contribution in [0.4, 0.5) is 0 Å². The van der Waals surface area contributed by atoms with Crippen LogP contribution in [0.2, 0.25) is 0 Å². The Bertz CT molecular complexity index is 743. The Morgan fingerprint density at radius 2 is 2.06 bits per heavy atom. The predicted molar refractivity (Wildman–Crippen MR) is 66.4 cm³/mol. The summed E-state index contributed by atoms with van der Waals surface area (Å²) in [5.41, 5.74) is 0.807. The van der Waals surface area contributed by atoms with Gasteiger partial charge in [-0.3, -0.25) is 0 Å². The molecule has 0 saturated carbocycles. The summed E-state index contributed by atoms with van der Waals surface area (Å²) in [6, 6.07) is 8.18. The Balaban J connectivity index is 2.22. The number of fused-ring (bicyclic) bond motifs is 1. The number of carboxylic acids is 1. The van der Waals surface area contributed by atoms with E-state index in [4.69, 9.17) is 13.9 Å². The molecule has 1 aromatic carbocycles. The first kappa shape index (κ1) is 11.0. The number of carboxylic acid groups (broad SMARTS) is 1. The Kier molecular flexibility index (Phi) is 2.45. The summed E-state index contributed by atoms with van der Waals surface area (Å²) in [5.74, 6) is -0.359. The zero-order chi connectivity index (χ0) is 12.7. The number of benzene rings is 1. The molecule has 90 valence electrons. The largest absolute Gasteiger partial charge is 0.478 e. The molecule has 1 N–H and O–H groups in total. The van der Waals surface area contributed by atoms with Gasteiger partial charge in [0.15, 0.2) is 16.0 Å². The summed E-state index contributed by atoms with van der Waals surface area (Å²) in [6.45, 7) is 0. The van der Waals surface area contributed by atoms with Crippen LogP contribution in [0, 0.1) is 0 Å². The van der Waals surface area contributed by atoms with Crippen molar-refractivity contribution in [3.63, 3.8) is 0 Å². The number of furan rings is 1. The standard InChI is InChI=1S/C12H6BrNO4/c13-9-5-4-8(17-9)11-14-7-3-1-2-6(12(15)16)10(7)18-11/h1-5H,(H,15,16). The molecule has 6 heteroatoms. The maximum absolute atomic E-state index is 11.0. The van der Waals surface area contributed by atoms with E-state index in [9.17, 15) is 4.79 Å². The van der Waals surface area contributed by atoms with Gasteiger partial charge in [0.05, 0.1) is 0 Å². The molecule has 2 aromatic heterocycles. The Hall–Kier alpha value is -2.08. The molecule has 3 aromatic rings. The van der Waals surface area contributed by atoms with Crippen LogP contribution in [-0.4, -0.2) is 16.1 Å². The highest BCUT2D eigenvalue weighted by Crippen LogP contribution is 2.29. The second-order valence-electron chi connectivity index (χ2n) is 3.58. The average molecular weight is 308 g/mol. The summed E-state index contributed by atoms with van der Waals surface area (Å²) in [4.78, 5) is 15.2. The number of hydrogen-bond donors (Lipinski definition) is 1. The Morgan fingerprint density at radius 3 is 2.72 bits per heavy atom. The van der Waals surface area contributed by atoms with Crippen molar-refractivity contribution in [1.82, 2.24) is 4.98 Å². The maximum atomic E-state index is 11.0. The number of oxazole rings is 1. The minimum atomic E-state index is -1.05. The molecular weight excluding hydrogens is 302 g/mol. The molecule has 0 amide bonds. The zero-order valence-corrected chi connectivity index (χ0v) is 10.5. The Morgan fingerprint density at radius 1 is 1.22 bits per heavy atom. The lowest BCUT2D eigenvalue weighted by molar-refractivity contribution is 0.0698. The highest BCUT2D eigenvalue weighted by Gasteiger charge is 2.17. The van der Waals surface area contributed by atoms with Crippen molar-refractivity contribution < 1.29 is 18.7 Å². The summed E-state index contributed by atoms with van der Waals surface area (Å²) in [7, 11) is 0. The molecule has 0 aliphatic heterocycles. The third-order valence-corrected chi connectivity index (χ3v) is 2.86. The number of hydrogen-bond acceptors (Lipinski definition) is 4. The van der Waals surface area contributed by atoms with E-state index in [1.807, 2.05) is 0 Å². The van der Waals surface area contributed by atoms with E-state index in [0.29, 0.717) is 15.9 Å². The molecule has 3 rings (SSSR count). The first-order valence-corrected chi connectivity index (χ1v) is 5.83.